The summed E-state index contributed by atoms with van der Waals surface area (Å²) in [5.74, 6) is 0.890. The summed E-state index contributed by atoms with van der Waals surface area (Å²) in [5, 5.41) is 0. The molecular weight excluding hydrogens is 258 g/mol. The zero-order chi connectivity index (χ0) is 11.4. The second-order valence-corrected chi connectivity index (χ2v) is 4.29. The average molecular weight is 272 g/mol. The molecule has 0 radical (unpaired) electrons. The van der Waals surface area contributed by atoms with Crippen LogP contribution in [0, 0.1) is 0 Å². The van der Waals surface area contributed by atoms with Gasteiger partial charge in [-0.15, -0.1) is 0 Å². The van der Waals surface area contributed by atoms with E-state index in [9.17, 15) is 4.79 Å². The van der Waals surface area contributed by atoms with Crippen LogP contribution in [0.1, 0.15) is 6.92 Å². The highest BCUT2D eigenvalue weighted by atomic mass is 79.9. The summed E-state index contributed by atoms with van der Waals surface area (Å²) in [6.45, 7) is 1.95. The van der Waals surface area contributed by atoms with Crippen molar-refractivity contribution in [2.45, 2.75) is 6.92 Å². The van der Waals surface area contributed by atoms with E-state index in [1.54, 1.807) is 14.0 Å². The summed E-state index contributed by atoms with van der Waals surface area (Å²) in [5.41, 5.74) is 0.905. The van der Waals surface area contributed by atoms with Gasteiger partial charge in [0.15, 0.2) is 0 Å². The SMILES string of the molecule is COc1ccc(Br)cc1N(C)CC(C)=O. The highest BCUT2D eigenvalue weighted by Crippen LogP contribution is 2.30. The molecule has 3 nitrogen and oxygen atoms in total. The highest BCUT2D eigenvalue weighted by Gasteiger charge is 2.09. The predicted octanol–water partition coefficient (Wildman–Crippen LogP) is 2.48. The van der Waals surface area contributed by atoms with Crippen LogP contribution in [0.3, 0.4) is 0 Å². The van der Waals surface area contributed by atoms with Crippen molar-refractivity contribution in [1.82, 2.24) is 0 Å². The van der Waals surface area contributed by atoms with E-state index in [1.807, 2.05) is 30.1 Å². The molecule has 0 aliphatic rings. The Kier molecular flexibility index (Phi) is 4.15. The summed E-state index contributed by atoms with van der Waals surface area (Å²) in [7, 11) is 3.49. The number of ketones is 1. The van der Waals surface area contributed by atoms with Crippen LogP contribution >= 0.6 is 15.9 Å². The van der Waals surface area contributed by atoms with Crippen LogP contribution in [0.15, 0.2) is 22.7 Å². The molecule has 0 aliphatic heterocycles. The van der Waals surface area contributed by atoms with Crippen molar-refractivity contribution in [3.63, 3.8) is 0 Å². The van der Waals surface area contributed by atoms with Crippen molar-refractivity contribution in [2.24, 2.45) is 0 Å². The maximum absolute atomic E-state index is 11.0. The predicted molar refractivity (Wildman–Crippen MR) is 64.6 cm³/mol. The number of methoxy groups -OCH3 is 1. The summed E-state index contributed by atoms with van der Waals surface area (Å²) in [6.07, 6.45) is 0. The van der Waals surface area contributed by atoms with Crippen molar-refractivity contribution in [1.29, 1.82) is 0 Å². The van der Waals surface area contributed by atoms with Crippen LogP contribution in [-0.4, -0.2) is 26.5 Å². The van der Waals surface area contributed by atoms with Crippen LogP contribution in [0.2, 0.25) is 0 Å². The number of likely N-dealkylation sites (N-methyl/N-ethyl adjacent to an activating group) is 1. The van der Waals surface area contributed by atoms with Gasteiger partial charge in [-0.2, -0.15) is 0 Å². The lowest BCUT2D eigenvalue weighted by Crippen LogP contribution is -2.24. The van der Waals surface area contributed by atoms with Crippen molar-refractivity contribution >= 4 is 27.4 Å². The number of hydrogen-bond acceptors (Lipinski definition) is 3. The monoisotopic (exact) mass is 271 g/mol. The summed E-state index contributed by atoms with van der Waals surface area (Å²) in [6, 6.07) is 5.71. The maximum atomic E-state index is 11.0. The third-order valence-corrected chi connectivity index (χ3v) is 2.51. The molecule has 1 rings (SSSR count). The van der Waals surface area contributed by atoms with E-state index in [-0.39, 0.29) is 5.78 Å². The van der Waals surface area contributed by atoms with Crippen molar-refractivity contribution < 1.29 is 9.53 Å². The van der Waals surface area contributed by atoms with Gasteiger partial charge in [0.05, 0.1) is 19.3 Å². The first-order chi connectivity index (χ1) is 7.04. The number of rotatable bonds is 4. The van der Waals surface area contributed by atoms with E-state index in [1.165, 1.54) is 0 Å². The van der Waals surface area contributed by atoms with Crippen LogP contribution in [0.25, 0.3) is 0 Å². The number of carbonyl (C=O) groups is 1. The average Bonchev–Trinajstić information content (AvgIpc) is 2.16. The lowest BCUT2D eigenvalue weighted by Gasteiger charge is -2.20. The van der Waals surface area contributed by atoms with E-state index in [0.29, 0.717) is 6.54 Å². The van der Waals surface area contributed by atoms with E-state index in [2.05, 4.69) is 15.9 Å². The fraction of sp³-hybridized carbons (Fsp3) is 0.364. The minimum Gasteiger partial charge on any atom is -0.495 e. The molecule has 0 bridgehead atoms. The number of nitrogens with zero attached hydrogens (tertiary/aromatic N) is 1. The van der Waals surface area contributed by atoms with Crippen LogP contribution < -0.4 is 9.64 Å². The van der Waals surface area contributed by atoms with E-state index in [4.69, 9.17) is 4.74 Å². The molecule has 15 heavy (non-hydrogen) atoms. The largest absolute Gasteiger partial charge is 0.495 e. The van der Waals surface area contributed by atoms with Gasteiger partial charge in [0.1, 0.15) is 11.5 Å². The van der Waals surface area contributed by atoms with Gasteiger partial charge in [-0.1, -0.05) is 15.9 Å². The molecule has 0 unspecified atom stereocenters. The molecule has 0 fully saturated rings. The number of carbonyl (C=O) groups excluding carboxylic acids is 1. The molecule has 4 heteroatoms. The molecule has 1 aromatic carbocycles. The molecule has 0 atom stereocenters. The van der Waals surface area contributed by atoms with Crippen LogP contribution in [0.5, 0.6) is 5.75 Å². The van der Waals surface area contributed by atoms with E-state index < -0.39 is 0 Å². The van der Waals surface area contributed by atoms with Gasteiger partial charge in [0, 0.05) is 11.5 Å². The molecule has 1 aromatic rings. The van der Waals surface area contributed by atoms with E-state index in [0.717, 1.165) is 15.9 Å². The molecular formula is C11H14BrNO2. The third kappa shape index (κ3) is 3.23. The Balaban J connectivity index is 2.99. The molecule has 0 heterocycles. The first kappa shape index (κ1) is 12.0. The Morgan fingerprint density at radius 1 is 1.53 bits per heavy atom. The Labute approximate surface area is 98.2 Å². The zero-order valence-corrected chi connectivity index (χ0v) is 10.7. The van der Waals surface area contributed by atoms with Gasteiger partial charge >= 0.3 is 0 Å². The van der Waals surface area contributed by atoms with Gasteiger partial charge < -0.3 is 9.64 Å². The lowest BCUT2D eigenvalue weighted by molar-refractivity contribution is -0.115. The molecule has 82 valence electrons. The highest BCUT2D eigenvalue weighted by molar-refractivity contribution is 9.10. The Bertz CT molecular complexity index is 366. The van der Waals surface area contributed by atoms with Gasteiger partial charge in [0.25, 0.3) is 0 Å². The van der Waals surface area contributed by atoms with Gasteiger partial charge in [-0.25, -0.2) is 0 Å². The molecule has 0 spiro atoms. The smallest absolute Gasteiger partial charge is 0.149 e. The first-order valence-electron chi connectivity index (χ1n) is 4.58. The molecule has 0 saturated carbocycles. The number of Topliss-reactive ketones (excluding diaryl/α,β-unsaturated/α-hetero) is 1. The fourth-order valence-corrected chi connectivity index (χ4v) is 1.73. The number of halogens is 1. The quantitative estimate of drug-likeness (QED) is 0.843. The topological polar surface area (TPSA) is 29.5 Å². The molecule has 0 saturated heterocycles. The van der Waals surface area contributed by atoms with Crippen molar-refractivity contribution in [3.8, 4) is 5.75 Å². The lowest BCUT2D eigenvalue weighted by atomic mass is 10.2. The minimum atomic E-state index is 0.125. The number of benzene rings is 1. The van der Waals surface area contributed by atoms with Crippen molar-refractivity contribution in [3.05, 3.63) is 22.7 Å². The molecule has 0 amide bonds. The maximum Gasteiger partial charge on any atom is 0.149 e. The van der Waals surface area contributed by atoms with Gasteiger partial charge in [0.2, 0.25) is 0 Å². The third-order valence-electron chi connectivity index (χ3n) is 2.01. The van der Waals surface area contributed by atoms with E-state index >= 15 is 0 Å². The molecule has 0 N–H and O–H groups in total. The Morgan fingerprint density at radius 2 is 2.20 bits per heavy atom. The normalized spacial score (nSPS) is 9.87. The van der Waals surface area contributed by atoms with Gasteiger partial charge in [-0.3, -0.25) is 4.79 Å². The second kappa shape index (κ2) is 5.16. The standard InChI is InChI=1S/C11H14BrNO2/c1-8(14)7-13(2)10-6-9(12)4-5-11(10)15-3/h4-6H,7H2,1-3H3. The minimum absolute atomic E-state index is 0.125. The zero-order valence-electron chi connectivity index (χ0n) is 9.08. The number of hydrogen-bond donors (Lipinski definition) is 0. The number of ether oxygens (including phenoxy) is 1. The Morgan fingerprint density at radius 3 is 2.73 bits per heavy atom. The molecule has 0 aliphatic carbocycles. The second-order valence-electron chi connectivity index (χ2n) is 3.37. The number of anilines is 1. The summed E-state index contributed by atoms with van der Waals surface area (Å²) >= 11 is 3.39. The van der Waals surface area contributed by atoms with Crippen molar-refractivity contribution in [2.75, 3.05) is 25.6 Å². The van der Waals surface area contributed by atoms with Crippen LogP contribution in [-0.2, 0) is 4.79 Å². The fourth-order valence-electron chi connectivity index (χ4n) is 1.38. The van der Waals surface area contributed by atoms with Gasteiger partial charge in [-0.05, 0) is 25.1 Å². The molecule has 0 aromatic heterocycles. The summed E-state index contributed by atoms with van der Waals surface area (Å²) in [4.78, 5) is 12.9. The van der Waals surface area contributed by atoms with Crippen LogP contribution in [0.4, 0.5) is 5.69 Å². The summed E-state index contributed by atoms with van der Waals surface area (Å²) < 4.78 is 6.20. The Hall–Kier alpha value is -1.03. The first-order valence-corrected chi connectivity index (χ1v) is 5.38.